The molecule has 9 heteroatoms. The normalized spacial score (nSPS) is 28.1. The highest BCUT2D eigenvalue weighted by Crippen LogP contribution is 2.72. The summed E-state index contributed by atoms with van der Waals surface area (Å²) in [5, 5.41) is 5.74. The molecule has 4 atom stereocenters. The predicted octanol–water partition coefficient (Wildman–Crippen LogP) is 4.28. The smallest absolute Gasteiger partial charge is 0.356 e. The van der Waals surface area contributed by atoms with Crippen molar-refractivity contribution < 1.29 is 27.2 Å². The van der Waals surface area contributed by atoms with E-state index in [0.717, 1.165) is 57.5 Å². The topological polar surface area (TPSA) is 61.4 Å². The minimum atomic E-state index is -4.67. The number of nitrogens with one attached hydrogen (secondary N) is 2. The number of carbonyl (C=O) groups is 2. The molecule has 1 aromatic rings. The van der Waals surface area contributed by atoms with Crippen LogP contribution in [0, 0.1) is 34.9 Å². The van der Waals surface area contributed by atoms with Crippen LogP contribution >= 0.6 is 0 Å². The van der Waals surface area contributed by atoms with Crippen molar-refractivity contribution in [2.24, 2.45) is 29.1 Å². The summed E-state index contributed by atoms with van der Waals surface area (Å²) < 4.78 is 52.9. The van der Waals surface area contributed by atoms with E-state index in [2.05, 4.69) is 21.6 Å². The fourth-order valence-corrected chi connectivity index (χ4v) is 6.73. The summed E-state index contributed by atoms with van der Waals surface area (Å²) >= 11 is 0. The first kappa shape index (κ1) is 25.2. The number of likely N-dealkylation sites (tertiary alicyclic amines) is 1. The molecule has 1 spiro atoms. The number of amides is 2. The van der Waals surface area contributed by atoms with Crippen molar-refractivity contribution >= 4 is 11.8 Å². The second-order valence-corrected chi connectivity index (χ2v) is 10.8. The first-order chi connectivity index (χ1) is 17.2. The first-order valence-corrected chi connectivity index (χ1v) is 13.0. The van der Waals surface area contributed by atoms with Gasteiger partial charge in [0.25, 0.3) is 0 Å². The van der Waals surface area contributed by atoms with Gasteiger partial charge in [-0.2, -0.15) is 13.2 Å². The quantitative estimate of drug-likeness (QED) is 0.298. The lowest BCUT2D eigenvalue weighted by atomic mass is 9.81. The van der Waals surface area contributed by atoms with E-state index in [1.807, 2.05) is 6.08 Å². The standard InChI is InChI=1S/C27H33F4N3O2/c28-19-14-17(13-18(15-19)27(29,30)31)16-33-25(36)23-21-6-5-20(26(21)7-8-26)22(23)24(35)32-9-1-2-10-34-11-3-4-12-34/h5-6,13-15,20-23H,1-4,7-12,16H2,(H,32,35)(H,33,36)/t20-,21+,22-,23-/m1/s1. The van der Waals surface area contributed by atoms with Gasteiger partial charge in [0.05, 0.1) is 17.4 Å². The van der Waals surface area contributed by atoms with Gasteiger partial charge in [-0.15, -0.1) is 0 Å². The number of benzene rings is 1. The molecule has 2 bridgehead atoms. The Bertz CT molecular complexity index is 1030. The zero-order valence-corrected chi connectivity index (χ0v) is 20.2. The number of hydrogen-bond donors (Lipinski definition) is 2. The molecule has 196 valence electrons. The van der Waals surface area contributed by atoms with Gasteiger partial charge in [0.2, 0.25) is 11.8 Å². The summed E-state index contributed by atoms with van der Waals surface area (Å²) in [6.45, 7) is 3.67. The molecule has 0 aromatic heterocycles. The minimum absolute atomic E-state index is 0.00820. The van der Waals surface area contributed by atoms with Crippen LogP contribution in [0.15, 0.2) is 30.4 Å². The van der Waals surface area contributed by atoms with Crippen LogP contribution < -0.4 is 10.6 Å². The molecule has 3 aliphatic carbocycles. The molecule has 1 heterocycles. The van der Waals surface area contributed by atoms with Crippen LogP contribution in [-0.2, 0) is 22.3 Å². The van der Waals surface area contributed by atoms with Gasteiger partial charge in [0.15, 0.2) is 0 Å². The van der Waals surface area contributed by atoms with Crippen molar-refractivity contribution in [1.29, 1.82) is 0 Å². The van der Waals surface area contributed by atoms with Gasteiger partial charge in [-0.05, 0) is 99.2 Å². The molecule has 1 aliphatic heterocycles. The Morgan fingerprint density at radius 3 is 2.19 bits per heavy atom. The van der Waals surface area contributed by atoms with Gasteiger partial charge >= 0.3 is 6.18 Å². The predicted molar refractivity (Wildman–Crippen MR) is 126 cm³/mol. The van der Waals surface area contributed by atoms with E-state index in [-0.39, 0.29) is 41.2 Å². The maximum atomic E-state index is 13.8. The highest BCUT2D eigenvalue weighted by Gasteiger charge is 2.69. The number of carbonyl (C=O) groups excluding carboxylic acids is 2. The van der Waals surface area contributed by atoms with Gasteiger partial charge in [-0.1, -0.05) is 12.2 Å². The zero-order chi connectivity index (χ0) is 25.5. The van der Waals surface area contributed by atoms with Gasteiger partial charge in [0.1, 0.15) is 5.82 Å². The van der Waals surface area contributed by atoms with Crippen LogP contribution in [0.2, 0.25) is 0 Å². The number of nitrogens with zero attached hydrogens (tertiary/aromatic N) is 1. The van der Waals surface area contributed by atoms with E-state index < -0.39 is 29.4 Å². The van der Waals surface area contributed by atoms with Crippen LogP contribution in [0.4, 0.5) is 17.6 Å². The molecule has 5 nitrogen and oxygen atoms in total. The van der Waals surface area contributed by atoms with E-state index >= 15 is 0 Å². The van der Waals surface area contributed by atoms with E-state index in [1.165, 1.54) is 12.8 Å². The van der Waals surface area contributed by atoms with E-state index in [4.69, 9.17) is 0 Å². The number of rotatable bonds is 9. The number of halogens is 4. The third-order valence-corrected chi connectivity index (χ3v) is 8.60. The second-order valence-electron chi connectivity index (χ2n) is 10.8. The molecule has 3 fully saturated rings. The Labute approximate surface area is 208 Å². The summed E-state index contributed by atoms with van der Waals surface area (Å²) in [7, 11) is 0. The molecule has 2 N–H and O–H groups in total. The van der Waals surface area contributed by atoms with Crippen LogP contribution in [0.3, 0.4) is 0 Å². The number of unbranched alkanes of at least 4 members (excludes halogenated alkanes) is 1. The Hall–Kier alpha value is -2.42. The molecule has 36 heavy (non-hydrogen) atoms. The molecule has 2 saturated carbocycles. The Balaban J connectivity index is 1.20. The van der Waals surface area contributed by atoms with Crippen molar-refractivity contribution in [3.8, 4) is 0 Å². The molecule has 2 amide bonds. The Kier molecular flexibility index (Phi) is 6.87. The van der Waals surface area contributed by atoms with Crippen molar-refractivity contribution in [3.63, 3.8) is 0 Å². The largest absolute Gasteiger partial charge is 0.416 e. The molecular weight excluding hydrogens is 474 g/mol. The van der Waals surface area contributed by atoms with E-state index in [1.54, 1.807) is 0 Å². The molecule has 0 unspecified atom stereocenters. The molecular formula is C27H33F4N3O2. The molecule has 1 saturated heterocycles. The van der Waals surface area contributed by atoms with Crippen LogP contribution in [0.1, 0.15) is 49.7 Å². The van der Waals surface area contributed by atoms with Gasteiger partial charge in [0, 0.05) is 13.1 Å². The van der Waals surface area contributed by atoms with E-state index in [0.29, 0.717) is 12.6 Å². The maximum Gasteiger partial charge on any atom is 0.416 e. The van der Waals surface area contributed by atoms with Crippen molar-refractivity contribution in [2.75, 3.05) is 26.2 Å². The molecule has 5 rings (SSSR count). The third-order valence-electron chi connectivity index (χ3n) is 8.60. The monoisotopic (exact) mass is 507 g/mol. The van der Waals surface area contributed by atoms with Crippen molar-refractivity contribution in [2.45, 2.75) is 51.2 Å². The van der Waals surface area contributed by atoms with Gasteiger partial charge in [-0.3, -0.25) is 9.59 Å². The van der Waals surface area contributed by atoms with Crippen molar-refractivity contribution in [3.05, 3.63) is 47.3 Å². The number of allylic oxidation sites excluding steroid dienone is 2. The van der Waals surface area contributed by atoms with Gasteiger partial charge < -0.3 is 15.5 Å². The zero-order valence-electron chi connectivity index (χ0n) is 20.2. The fraction of sp³-hybridized carbons (Fsp3) is 0.630. The van der Waals surface area contributed by atoms with Gasteiger partial charge in [-0.25, -0.2) is 4.39 Å². The van der Waals surface area contributed by atoms with Crippen LogP contribution in [0.5, 0.6) is 0 Å². The lowest BCUT2D eigenvalue weighted by Gasteiger charge is -2.26. The number of alkyl halides is 3. The third kappa shape index (κ3) is 4.91. The van der Waals surface area contributed by atoms with Crippen LogP contribution in [-0.4, -0.2) is 42.9 Å². The first-order valence-electron chi connectivity index (χ1n) is 13.0. The van der Waals surface area contributed by atoms with Crippen LogP contribution in [0.25, 0.3) is 0 Å². The second kappa shape index (κ2) is 9.80. The average Bonchev–Trinajstić information content (AvgIpc) is 3.19. The molecule has 1 aromatic carbocycles. The molecule has 4 aliphatic rings. The summed E-state index contributed by atoms with van der Waals surface area (Å²) in [6.07, 6.45) is 5.76. The average molecular weight is 508 g/mol. The molecule has 0 radical (unpaired) electrons. The minimum Gasteiger partial charge on any atom is -0.356 e. The summed E-state index contributed by atoms with van der Waals surface area (Å²) in [6, 6.07) is 2.28. The van der Waals surface area contributed by atoms with Crippen molar-refractivity contribution in [1.82, 2.24) is 15.5 Å². The lowest BCUT2D eigenvalue weighted by molar-refractivity contribution is -0.137. The lowest BCUT2D eigenvalue weighted by Crippen LogP contribution is -2.44. The maximum absolute atomic E-state index is 13.8. The SMILES string of the molecule is O=C(NCCCCN1CCCC1)[C@H]1[C@H](C(=O)NCc2cc(F)cc(C(F)(F)F)c2)[C@@H]2C=C[C@H]1C21CC1. The highest BCUT2D eigenvalue weighted by atomic mass is 19.4. The summed E-state index contributed by atoms with van der Waals surface area (Å²) in [5.41, 5.74) is -1.09. The summed E-state index contributed by atoms with van der Waals surface area (Å²) in [4.78, 5) is 29.0. The Morgan fingerprint density at radius 2 is 1.58 bits per heavy atom. The number of hydrogen-bond acceptors (Lipinski definition) is 3. The fourth-order valence-electron chi connectivity index (χ4n) is 6.73. The highest BCUT2D eigenvalue weighted by molar-refractivity contribution is 5.90. The van der Waals surface area contributed by atoms with E-state index in [9.17, 15) is 27.2 Å². The summed E-state index contributed by atoms with van der Waals surface area (Å²) in [5.74, 6) is -2.58. The Morgan fingerprint density at radius 1 is 0.944 bits per heavy atom.